The first-order valence-electron chi connectivity index (χ1n) is 5.24. The number of anilines is 1. The number of hydrogen-bond donors (Lipinski definition) is 1. The maximum Gasteiger partial charge on any atom is 0.322 e. The zero-order valence-corrected chi connectivity index (χ0v) is 9.74. The molecule has 0 amide bonds. The summed E-state index contributed by atoms with van der Waals surface area (Å²) < 4.78 is 5.19. The van der Waals surface area contributed by atoms with Gasteiger partial charge >= 0.3 is 6.01 Å². The maximum absolute atomic E-state index is 5.77. The van der Waals surface area contributed by atoms with Crippen LogP contribution in [0.25, 0.3) is 0 Å². The quantitative estimate of drug-likeness (QED) is 0.817. The van der Waals surface area contributed by atoms with E-state index in [1.807, 2.05) is 6.92 Å². The lowest BCUT2D eigenvalue weighted by molar-refractivity contribution is 0.312. The first-order valence-corrected chi connectivity index (χ1v) is 5.61. The van der Waals surface area contributed by atoms with Crippen molar-refractivity contribution in [2.24, 2.45) is 0 Å². The van der Waals surface area contributed by atoms with Crippen LogP contribution < -0.4 is 10.1 Å². The number of nitrogens with one attached hydrogen (secondary N) is 1. The molecule has 1 aliphatic carbocycles. The second kappa shape index (κ2) is 5.12. The van der Waals surface area contributed by atoms with E-state index >= 15 is 0 Å². The van der Waals surface area contributed by atoms with E-state index in [9.17, 15) is 0 Å². The summed E-state index contributed by atoms with van der Waals surface area (Å²) in [4.78, 5) is 12.0. The minimum atomic E-state index is 0.145. The van der Waals surface area contributed by atoms with E-state index in [1.165, 1.54) is 0 Å². The van der Waals surface area contributed by atoms with Crippen LogP contribution in [-0.4, -0.2) is 27.6 Å². The number of nitrogens with zero attached hydrogens (tertiary/aromatic N) is 3. The average molecular weight is 241 g/mol. The molecule has 0 bridgehead atoms. The van der Waals surface area contributed by atoms with Crippen molar-refractivity contribution < 1.29 is 4.74 Å². The summed E-state index contributed by atoms with van der Waals surface area (Å²) >= 11 is 5.77. The van der Waals surface area contributed by atoms with Crippen LogP contribution in [0.2, 0.25) is 5.28 Å². The number of aromatic nitrogens is 3. The first kappa shape index (κ1) is 11.1. The van der Waals surface area contributed by atoms with Gasteiger partial charge in [0, 0.05) is 6.04 Å². The van der Waals surface area contributed by atoms with Gasteiger partial charge in [-0.2, -0.15) is 15.0 Å². The molecule has 1 aromatic heterocycles. The second-order valence-electron chi connectivity index (χ2n) is 3.43. The van der Waals surface area contributed by atoms with Gasteiger partial charge in [0.25, 0.3) is 0 Å². The highest BCUT2D eigenvalue weighted by Gasteiger charge is 2.13. The minimum absolute atomic E-state index is 0.145. The Balaban J connectivity index is 2.07. The van der Waals surface area contributed by atoms with E-state index in [-0.39, 0.29) is 11.3 Å². The molecular formula is C10H13ClN4O. The fourth-order valence-electron chi connectivity index (χ4n) is 1.51. The van der Waals surface area contributed by atoms with Crippen molar-refractivity contribution in [2.75, 3.05) is 11.9 Å². The van der Waals surface area contributed by atoms with Gasteiger partial charge in [0.05, 0.1) is 6.61 Å². The van der Waals surface area contributed by atoms with E-state index in [0.29, 0.717) is 18.6 Å². The molecule has 6 heteroatoms. The van der Waals surface area contributed by atoms with Gasteiger partial charge in [-0.1, -0.05) is 12.2 Å². The Morgan fingerprint density at radius 3 is 2.81 bits per heavy atom. The average Bonchev–Trinajstić information content (AvgIpc) is 2.70. The minimum Gasteiger partial charge on any atom is -0.464 e. The smallest absolute Gasteiger partial charge is 0.322 e. The maximum atomic E-state index is 5.77. The van der Waals surface area contributed by atoms with Crippen molar-refractivity contribution in [3.8, 4) is 6.01 Å². The molecule has 0 saturated carbocycles. The molecule has 86 valence electrons. The van der Waals surface area contributed by atoms with Gasteiger partial charge in [0.1, 0.15) is 0 Å². The molecule has 16 heavy (non-hydrogen) atoms. The van der Waals surface area contributed by atoms with E-state index in [4.69, 9.17) is 16.3 Å². The van der Waals surface area contributed by atoms with Gasteiger partial charge < -0.3 is 10.1 Å². The lowest BCUT2D eigenvalue weighted by Gasteiger charge is -2.12. The molecule has 0 radical (unpaired) electrons. The Morgan fingerprint density at radius 1 is 1.38 bits per heavy atom. The SMILES string of the molecule is CCOc1nc(Cl)nc(NC2CC=CC2)n1. The Kier molecular flexibility index (Phi) is 3.56. The standard InChI is InChI=1S/C10H13ClN4O/c1-2-16-10-14-8(11)13-9(15-10)12-7-5-3-4-6-7/h3-4,7H,2,5-6H2,1H3,(H,12,13,14,15). The van der Waals surface area contributed by atoms with E-state index in [1.54, 1.807) is 0 Å². The fraction of sp³-hybridized carbons (Fsp3) is 0.500. The van der Waals surface area contributed by atoms with Gasteiger partial charge in [-0.3, -0.25) is 0 Å². The molecule has 0 spiro atoms. The van der Waals surface area contributed by atoms with Crippen LogP contribution in [-0.2, 0) is 0 Å². The van der Waals surface area contributed by atoms with Crippen molar-refractivity contribution in [1.82, 2.24) is 15.0 Å². The lowest BCUT2D eigenvalue weighted by atomic mass is 10.2. The third-order valence-corrected chi connectivity index (χ3v) is 2.37. The van der Waals surface area contributed by atoms with Crippen LogP contribution >= 0.6 is 11.6 Å². The van der Waals surface area contributed by atoms with Crippen molar-refractivity contribution in [1.29, 1.82) is 0 Å². The summed E-state index contributed by atoms with van der Waals surface area (Å²) in [5.74, 6) is 0.470. The van der Waals surface area contributed by atoms with E-state index in [0.717, 1.165) is 12.8 Å². The Morgan fingerprint density at radius 2 is 2.12 bits per heavy atom. The van der Waals surface area contributed by atoms with Crippen LogP contribution in [0.15, 0.2) is 12.2 Å². The molecule has 0 unspecified atom stereocenters. The van der Waals surface area contributed by atoms with Crippen molar-refractivity contribution in [2.45, 2.75) is 25.8 Å². The van der Waals surface area contributed by atoms with Gasteiger partial charge in [0.15, 0.2) is 0 Å². The molecule has 0 aliphatic heterocycles. The predicted octanol–water partition coefficient (Wildman–Crippen LogP) is 2.05. The van der Waals surface area contributed by atoms with E-state index in [2.05, 4.69) is 32.4 Å². The second-order valence-corrected chi connectivity index (χ2v) is 3.77. The van der Waals surface area contributed by atoms with Gasteiger partial charge in [-0.15, -0.1) is 0 Å². The summed E-state index contributed by atoms with van der Waals surface area (Å²) in [7, 11) is 0. The molecule has 2 rings (SSSR count). The molecule has 5 nitrogen and oxygen atoms in total. The molecule has 0 saturated heterocycles. The van der Waals surface area contributed by atoms with Crippen LogP contribution in [0.4, 0.5) is 5.95 Å². The van der Waals surface area contributed by atoms with Crippen molar-refractivity contribution in [3.63, 3.8) is 0 Å². The summed E-state index contributed by atoms with van der Waals surface area (Å²) in [6.45, 7) is 2.37. The lowest BCUT2D eigenvalue weighted by Crippen LogP contribution is -2.17. The molecular weight excluding hydrogens is 228 g/mol. The molecule has 0 fully saturated rings. The van der Waals surface area contributed by atoms with Gasteiger partial charge in [0.2, 0.25) is 11.2 Å². The Labute approximate surface area is 98.9 Å². The highest BCUT2D eigenvalue weighted by Crippen LogP contribution is 2.16. The molecule has 1 N–H and O–H groups in total. The fourth-order valence-corrected chi connectivity index (χ4v) is 1.66. The third kappa shape index (κ3) is 2.82. The van der Waals surface area contributed by atoms with Gasteiger partial charge in [-0.25, -0.2) is 0 Å². The monoisotopic (exact) mass is 240 g/mol. The number of hydrogen-bond acceptors (Lipinski definition) is 5. The molecule has 1 aromatic rings. The van der Waals surface area contributed by atoms with Crippen molar-refractivity contribution >= 4 is 17.5 Å². The number of ether oxygens (including phenoxy) is 1. The zero-order valence-electron chi connectivity index (χ0n) is 8.98. The first-order chi connectivity index (χ1) is 7.78. The Bertz CT molecular complexity index is 388. The highest BCUT2D eigenvalue weighted by atomic mass is 35.5. The van der Waals surface area contributed by atoms with Crippen LogP contribution in [0, 0.1) is 0 Å². The number of halogens is 1. The predicted molar refractivity (Wildman–Crippen MR) is 61.8 cm³/mol. The van der Waals surface area contributed by atoms with Crippen LogP contribution in [0.3, 0.4) is 0 Å². The topological polar surface area (TPSA) is 59.9 Å². The molecule has 0 aromatic carbocycles. The highest BCUT2D eigenvalue weighted by molar-refractivity contribution is 6.28. The zero-order chi connectivity index (χ0) is 11.4. The van der Waals surface area contributed by atoms with Crippen LogP contribution in [0.5, 0.6) is 6.01 Å². The van der Waals surface area contributed by atoms with E-state index < -0.39 is 0 Å². The largest absolute Gasteiger partial charge is 0.464 e. The number of rotatable bonds is 4. The summed E-state index contributed by atoms with van der Waals surface area (Å²) in [5, 5.41) is 3.34. The molecule has 1 aliphatic rings. The third-order valence-electron chi connectivity index (χ3n) is 2.20. The summed E-state index contributed by atoms with van der Waals surface area (Å²) in [5.41, 5.74) is 0. The molecule has 1 heterocycles. The van der Waals surface area contributed by atoms with Crippen LogP contribution in [0.1, 0.15) is 19.8 Å². The normalized spacial score (nSPS) is 15.4. The molecule has 0 atom stereocenters. The van der Waals surface area contributed by atoms with Crippen molar-refractivity contribution in [3.05, 3.63) is 17.4 Å². The summed E-state index contributed by atoms with van der Waals surface area (Å²) in [6.07, 6.45) is 6.22. The van der Waals surface area contributed by atoms with Gasteiger partial charge in [-0.05, 0) is 31.4 Å². The Hall–Kier alpha value is -1.36. The summed E-state index contributed by atoms with van der Waals surface area (Å²) in [6, 6.07) is 0.601.